The van der Waals surface area contributed by atoms with Crippen LogP contribution in [-0.4, -0.2) is 29.5 Å². The molecule has 0 unspecified atom stereocenters. The highest BCUT2D eigenvalue weighted by Crippen LogP contribution is 2.34. The first kappa shape index (κ1) is 19.3. The molecule has 6 nitrogen and oxygen atoms in total. The van der Waals surface area contributed by atoms with Crippen molar-refractivity contribution in [2.75, 3.05) is 7.05 Å². The second-order valence-electron chi connectivity index (χ2n) is 6.20. The lowest BCUT2D eigenvalue weighted by Crippen LogP contribution is -2.38. The van der Waals surface area contributed by atoms with Crippen LogP contribution in [0.3, 0.4) is 0 Å². The van der Waals surface area contributed by atoms with Gasteiger partial charge < -0.3 is 19.7 Å². The van der Waals surface area contributed by atoms with Gasteiger partial charge in [0.1, 0.15) is 11.6 Å². The number of carbonyl (C=O) groups is 1. The third-order valence-corrected chi connectivity index (χ3v) is 4.31. The van der Waals surface area contributed by atoms with Gasteiger partial charge in [0.25, 0.3) is 11.8 Å². The molecule has 1 aromatic carbocycles. The molecule has 1 aromatic heterocycles. The van der Waals surface area contributed by atoms with Crippen LogP contribution in [0.15, 0.2) is 54.5 Å². The van der Waals surface area contributed by atoms with Crippen LogP contribution >= 0.6 is 0 Å². The first-order chi connectivity index (χ1) is 13.3. The van der Waals surface area contributed by atoms with Crippen LogP contribution in [0.5, 0.6) is 17.4 Å². The average Bonchev–Trinajstić information content (AvgIpc) is 2.63. The molecule has 0 bridgehead atoms. The number of nitrogens with one attached hydrogen (secondary N) is 1. The van der Waals surface area contributed by atoms with Gasteiger partial charge in [0.05, 0.1) is 5.70 Å². The van der Waals surface area contributed by atoms with Gasteiger partial charge >= 0.3 is 6.61 Å². The molecule has 0 atom stereocenters. The lowest BCUT2D eigenvalue weighted by atomic mass is 9.99. The van der Waals surface area contributed by atoms with Gasteiger partial charge in [-0.1, -0.05) is 6.58 Å². The fourth-order valence-corrected chi connectivity index (χ4v) is 2.90. The molecule has 28 heavy (non-hydrogen) atoms. The summed E-state index contributed by atoms with van der Waals surface area (Å²) < 4.78 is 35.2. The van der Waals surface area contributed by atoms with Gasteiger partial charge in [-0.25, -0.2) is 4.98 Å². The SMILES string of the molecule is C=C1NC(=O)C(C)=C(c2ccc(Oc3ncccc3OC(F)F)cc2C)N1C. The Labute approximate surface area is 161 Å². The molecule has 1 aliphatic rings. The van der Waals surface area contributed by atoms with Gasteiger partial charge in [-0.2, -0.15) is 8.78 Å². The van der Waals surface area contributed by atoms with Crippen molar-refractivity contribution in [3.63, 3.8) is 0 Å². The van der Waals surface area contributed by atoms with Gasteiger partial charge in [0, 0.05) is 24.4 Å². The first-order valence-electron chi connectivity index (χ1n) is 8.41. The largest absolute Gasteiger partial charge is 0.436 e. The summed E-state index contributed by atoms with van der Waals surface area (Å²) in [7, 11) is 1.81. The van der Waals surface area contributed by atoms with Gasteiger partial charge in [-0.3, -0.25) is 4.79 Å². The van der Waals surface area contributed by atoms with Crippen LogP contribution < -0.4 is 14.8 Å². The summed E-state index contributed by atoms with van der Waals surface area (Å²) in [5, 5.41) is 2.69. The Morgan fingerprint density at radius 2 is 2.00 bits per heavy atom. The number of nitrogens with zero attached hydrogens (tertiary/aromatic N) is 2. The van der Waals surface area contributed by atoms with Crippen LogP contribution in [0.25, 0.3) is 5.70 Å². The zero-order valence-electron chi connectivity index (χ0n) is 15.6. The minimum absolute atomic E-state index is 0.0621. The number of ether oxygens (including phenoxy) is 2. The molecule has 0 fully saturated rings. The Morgan fingerprint density at radius 1 is 1.25 bits per heavy atom. The molecule has 2 aromatic rings. The molecule has 3 rings (SSSR count). The summed E-state index contributed by atoms with van der Waals surface area (Å²) in [6, 6.07) is 8.03. The van der Waals surface area contributed by atoms with Crippen LogP contribution in [0.2, 0.25) is 0 Å². The summed E-state index contributed by atoms with van der Waals surface area (Å²) in [6.07, 6.45) is 1.42. The van der Waals surface area contributed by atoms with Gasteiger partial charge in [0.2, 0.25) is 0 Å². The van der Waals surface area contributed by atoms with Crippen molar-refractivity contribution in [3.8, 4) is 17.4 Å². The molecular weight excluding hydrogens is 368 g/mol. The zero-order valence-corrected chi connectivity index (χ0v) is 15.6. The highest BCUT2D eigenvalue weighted by molar-refractivity contribution is 6.03. The lowest BCUT2D eigenvalue weighted by Gasteiger charge is -2.32. The van der Waals surface area contributed by atoms with Crippen LogP contribution in [0.4, 0.5) is 8.78 Å². The van der Waals surface area contributed by atoms with E-state index in [0.717, 1.165) is 16.8 Å². The van der Waals surface area contributed by atoms with Crippen molar-refractivity contribution in [1.82, 2.24) is 15.2 Å². The number of hydrogen-bond acceptors (Lipinski definition) is 5. The molecule has 0 spiro atoms. The summed E-state index contributed by atoms with van der Waals surface area (Å²) in [5.41, 5.74) is 2.95. The summed E-state index contributed by atoms with van der Waals surface area (Å²) in [4.78, 5) is 17.9. The van der Waals surface area contributed by atoms with E-state index in [9.17, 15) is 13.6 Å². The van der Waals surface area contributed by atoms with E-state index in [4.69, 9.17) is 4.74 Å². The molecule has 1 aliphatic heterocycles. The Balaban J connectivity index is 1.93. The van der Waals surface area contributed by atoms with Gasteiger partial charge in [0.15, 0.2) is 5.75 Å². The van der Waals surface area contributed by atoms with Crippen molar-refractivity contribution in [2.45, 2.75) is 20.5 Å². The number of aromatic nitrogens is 1. The average molecular weight is 387 g/mol. The van der Waals surface area contributed by atoms with E-state index in [1.54, 1.807) is 30.0 Å². The summed E-state index contributed by atoms with van der Waals surface area (Å²) in [6.45, 7) is 4.46. The van der Waals surface area contributed by atoms with Crippen molar-refractivity contribution >= 4 is 11.6 Å². The number of alkyl halides is 2. The molecule has 8 heteroatoms. The number of benzene rings is 1. The van der Waals surface area contributed by atoms with Crippen LogP contribution in [0, 0.1) is 6.92 Å². The summed E-state index contributed by atoms with van der Waals surface area (Å²) in [5.74, 6) is 0.456. The molecule has 0 aliphatic carbocycles. The minimum atomic E-state index is -2.98. The second kappa shape index (κ2) is 7.67. The third kappa shape index (κ3) is 3.80. The van der Waals surface area contributed by atoms with Crippen LogP contribution in [0.1, 0.15) is 18.1 Å². The number of aryl methyl sites for hydroxylation is 1. The molecule has 0 saturated carbocycles. The maximum Gasteiger partial charge on any atom is 0.387 e. The van der Waals surface area contributed by atoms with Crippen molar-refractivity contribution in [3.05, 3.63) is 65.6 Å². The fraction of sp³-hybridized carbons (Fsp3) is 0.200. The maximum absolute atomic E-state index is 12.5. The summed E-state index contributed by atoms with van der Waals surface area (Å²) >= 11 is 0. The van der Waals surface area contributed by atoms with Gasteiger partial charge in [-0.05, 0) is 49.7 Å². The normalized spacial score (nSPS) is 14.4. The van der Waals surface area contributed by atoms with Gasteiger partial charge in [-0.15, -0.1) is 0 Å². The molecule has 1 amide bonds. The molecule has 1 N–H and O–H groups in total. The number of pyridine rings is 1. The molecule has 146 valence electrons. The number of halogens is 2. The number of rotatable bonds is 5. The molecular formula is C20H19F2N3O3. The van der Waals surface area contributed by atoms with E-state index in [-0.39, 0.29) is 17.5 Å². The maximum atomic E-state index is 12.5. The fourth-order valence-electron chi connectivity index (χ4n) is 2.90. The Morgan fingerprint density at radius 3 is 2.68 bits per heavy atom. The van der Waals surface area contributed by atoms with Crippen molar-refractivity contribution in [1.29, 1.82) is 0 Å². The minimum Gasteiger partial charge on any atom is -0.436 e. The van der Waals surface area contributed by atoms with E-state index >= 15 is 0 Å². The Hall–Kier alpha value is -3.42. The Bertz CT molecular complexity index is 973. The number of carbonyl (C=O) groups excluding carboxylic acids is 1. The zero-order chi connectivity index (χ0) is 20.4. The molecule has 0 radical (unpaired) electrons. The molecule has 0 saturated heterocycles. The predicted octanol–water partition coefficient (Wildman–Crippen LogP) is 4.05. The van der Waals surface area contributed by atoms with E-state index in [0.29, 0.717) is 17.1 Å². The Kier molecular flexibility index (Phi) is 5.30. The monoisotopic (exact) mass is 387 g/mol. The smallest absolute Gasteiger partial charge is 0.387 e. The molecule has 2 heterocycles. The van der Waals surface area contributed by atoms with Crippen molar-refractivity contribution in [2.24, 2.45) is 0 Å². The number of hydrogen-bond donors (Lipinski definition) is 1. The first-order valence-corrected chi connectivity index (χ1v) is 8.41. The lowest BCUT2D eigenvalue weighted by molar-refractivity contribution is -0.117. The quantitative estimate of drug-likeness (QED) is 0.839. The van der Waals surface area contributed by atoms with E-state index < -0.39 is 6.61 Å². The number of amides is 1. The van der Waals surface area contributed by atoms with E-state index in [1.165, 1.54) is 18.3 Å². The second-order valence-corrected chi connectivity index (χ2v) is 6.20. The standard InChI is InChI=1S/C20H19F2N3O3/c1-11-10-14(27-19-16(28-20(21)22)6-5-9-23-19)7-8-15(11)17-12(2)18(26)24-13(3)25(17)4/h5-10,20H,3H2,1-2,4H3,(H,24,26). The third-order valence-electron chi connectivity index (χ3n) is 4.31. The van der Waals surface area contributed by atoms with Crippen molar-refractivity contribution < 1.29 is 23.0 Å². The topological polar surface area (TPSA) is 63.7 Å². The predicted molar refractivity (Wildman–Crippen MR) is 99.8 cm³/mol. The highest BCUT2D eigenvalue weighted by Gasteiger charge is 2.25. The van der Waals surface area contributed by atoms with E-state index in [2.05, 4.69) is 21.6 Å². The highest BCUT2D eigenvalue weighted by atomic mass is 19.3. The van der Waals surface area contributed by atoms with Crippen LogP contribution in [-0.2, 0) is 4.79 Å². The van der Waals surface area contributed by atoms with E-state index in [1.807, 2.05) is 14.0 Å².